The Morgan fingerprint density at radius 2 is 1.81 bits per heavy atom. The molecule has 3 saturated heterocycles. The molecule has 0 saturated carbocycles. The molecule has 162 valence electrons. The standard InChI is InChI=1S/C25H32N6/c1-2-4-21-20(3-1)23(31-12-8-25(18-31)7-9-27-17-25)15-22(29-21)19-5-6-24(28-16-19)30-13-10-26-11-14-30/h1-6,15-16,22,26-27,29H,7-14,17-18H2. The van der Waals surface area contributed by atoms with Crippen LogP contribution in [0.5, 0.6) is 0 Å². The molecule has 4 aliphatic heterocycles. The summed E-state index contributed by atoms with van der Waals surface area (Å²) in [6, 6.07) is 13.3. The van der Waals surface area contributed by atoms with Crippen molar-refractivity contribution in [3.05, 3.63) is 59.8 Å². The van der Waals surface area contributed by atoms with Crippen molar-refractivity contribution in [3.8, 4) is 0 Å². The highest BCUT2D eigenvalue weighted by atomic mass is 15.2. The fourth-order valence-corrected chi connectivity index (χ4v) is 5.69. The van der Waals surface area contributed by atoms with Crippen molar-refractivity contribution in [3.63, 3.8) is 0 Å². The van der Waals surface area contributed by atoms with Crippen molar-refractivity contribution in [1.82, 2.24) is 20.5 Å². The number of hydrogen-bond acceptors (Lipinski definition) is 6. The van der Waals surface area contributed by atoms with Gasteiger partial charge in [0.05, 0.1) is 6.04 Å². The van der Waals surface area contributed by atoms with Crippen molar-refractivity contribution in [1.29, 1.82) is 0 Å². The topological polar surface area (TPSA) is 55.5 Å². The van der Waals surface area contributed by atoms with Crippen LogP contribution in [-0.4, -0.2) is 62.2 Å². The highest BCUT2D eigenvalue weighted by molar-refractivity contribution is 5.79. The number of anilines is 2. The molecule has 3 fully saturated rings. The number of fused-ring (bicyclic) bond motifs is 1. The summed E-state index contributed by atoms with van der Waals surface area (Å²) < 4.78 is 0. The summed E-state index contributed by atoms with van der Waals surface area (Å²) in [5.41, 5.74) is 5.62. The Balaban J connectivity index is 1.28. The van der Waals surface area contributed by atoms with E-state index in [0.29, 0.717) is 5.41 Å². The maximum Gasteiger partial charge on any atom is 0.128 e. The zero-order valence-electron chi connectivity index (χ0n) is 18.1. The van der Waals surface area contributed by atoms with Crippen LogP contribution in [0.2, 0.25) is 0 Å². The van der Waals surface area contributed by atoms with E-state index in [1.165, 1.54) is 41.9 Å². The van der Waals surface area contributed by atoms with Crippen molar-refractivity contribution in [2.24, 2.45) is 5.41 Å². The number of para-hydroxylation sites is 1. The van der Waals surface area contributed by atoms with E-state index in [1.807, 2.05) is 0 Å². The lowest BCUT2D eigenvalue weighted by Crippen LogP contribution is -2.43. The van der Waals surface area contributed by atoms with Crippen molar-refractivity contribution in [2.45, 2.75) is 18.9 Å². The Kier molecular flexibility index (Phi) is 4.84. The summed E-state index contributed by atoms with van der Waals surface area (Å²) >= 11 is 0. The van der Waals surface area contributed by atoms with E-state index in [1.54, 1.807) is 0 Å². The summed E-state index contributed by atoms with van der Waals surface area (Å²) in [7, 11) is 0. The number of nitrogens with zero attached hydrogens (tertiary/aromatic N) is 3. The molecule has 31 heavy (non-hydrogen) atoms. The van der Waals surface area contributed by atoms with Crippen LogP contribution in [0.15, 0.2) is 48.7 Å². The van der Waals surface area contributed by atoms with Crippen molar-refractivity contribution < 1.29 is 0 Å². The summed E-state index contributed by atoms with van der Waals surface area (Å²) in [5.74, 6) is 1.08. The number of pyridine rings is 1. The van der Waals surface area contributed by atoms with Gasteiger partial charge in [0, 0.05) is 74.4 Å². The third kappa shape index (κ3) is 3.58. The monoisotopic (exact) mass is 416 g/mol. The molecule has 1 aromatic carbocycles. The van der Waals surface area contributed by atoms with E-state index < -0.39 is 0 Å². The fraction of sp³-hybridized carbons (Fsp3) is 0.480. The summed E-state index contributed by atoms with van der Waals surface area (Å²) in [6.07, 6.45) is 7.07. The van der Waals surface area contributed by atoms with Gasteiger partial charge in [0.1, 0.15) is 5.82 Å². The molecule has 0 amide bonds. The van der Waals surface area contributed by atoms with E-state index in [4.69, 9.17) is 4.98 Å². The molecule has 6 nitrogen and oxygen atoms in total. The van der Waals surface area contributed by atoms with Crippen LogP contribution < -0.4 is 20.9 Å². The lowest BCUT2D eigenvalue weighted by atomic mass is 9.86. The molecular weight excluding hydrogens is 384 g/mol. The highest BCUT2D eigenvalue weighted by Gasteiger charge is 2.41. The zero-order valence-corrected chi connectivity index (χ0v) is 18.1. The second-order valence-corrected chi connectivity index (χ2v) is 9.50. The first-order chi connectivity index (χ1) is 15.3. The largest absolute Gasteiger partial charge is 0.374 e. The second kappa shape index (κ2) is 7.84. The highest BCUT2D eigenvalue weighted by Crippen LogP contribution is 2.43. The van der Waals surface area contributed by atoms with Gasteiger partial charge in [-0.25, -0.2) is 4.98 Å². The first kappa shape index (κ1) is 19.1. The van der Waals surface area contributed by atoms with Gasteiger partial charge < -0.3 is 25.8 Å². The van der Waals surface area contributed by atoms with E-state index >= 15 is 0 Å². The molecule has 2 aromatic rings. The predicted molar refractivity (Wildman–Crippen MR) is 126 cm³/mol. The van der Waals surface area contributed by atoms with Gasteiger partial charge in [-0.2, -0.15) is 0 Å². The van der Waals surface area contributed by atoms with Crippen LogP contribution in [0, 0.1) is 5.41 Å². The maximum absolute atomic E-state index is 4.82. The molecule has 0 bridgehead atoms. The van der Waals surface area contributed by atoms with Crippen LogP contribution in [0.25, 0.3) is 5.70 Å². The Hall–Kier alpha value is -2.57. The normalized spacial score (nSPS) is 27.9. The molecule has 6 rings (SSSR count). The molecule has 0 radical (unpaired) electrons. The first-order valence-corrected chi connectivity index (χ1v) is 11.7. The molecule has 5 heterocycles. The number of aromatic nitrogens is 1. The quantitative estimate of drug-likeness (QED) is 0.715. The number of nitrogens with one attached hydrogen (secondary N) is 3. The van der Waals surface area contributed by atoms with Gasteiger partial charge >= 0.3 is 0 Å². The Morgan fingerprint density at radius 1 is 0.903 bits per heavy atom. The minimum absolute atomic E-state index is 0.146. The van der Waals surface area contributed by atoms with E-state index in [9.17, 15) is 0 Å². The summed E-state index contributed by atoms with van der Waals surface area (Å²) in [5, 5.41) is 10.7. The predicted octanol–water partition coefficient (Wildman–Crippen LogP) is 2.68. The van der Waals surface area contributed by atoms with Crippen molar-refractivity contribution >= 4 is 17.2 Å². The Labute approximate surface area is 184 Å². The van der Waals surface area contributed by atoms with Crippen LogP contribution in [0.1, 0.15) is 30.0 Å². The van der Waals surface area contributed by atoms with Gasteiger partial charge in [-0.05, 0) is 43.2 Å². The van der Waals surface area contributed by atoms with E-state index in [2.05, 4.69) is 74.4 Å². The summed E-state index contributed by atoms with van der Waals surface area (Å²) in [6.45, 7) is 8.75. The molecule has 0 aliphatic carbocycles. The molecule has 6 heteroatoms. The number of likely N-dealkylation sites (tertiary alicyclic amines) is 1. The first-order valence-electron chi connectivity index (χ1n) is 11.7. The SMILES string of the molecule is C1=C(N2CCC3(CCNC3)C2)c2ccccc2NC1c1ccc(N2CCNCC2)nc1. The number of piperazine rings is 1. The summed E-state index contributed by atoms with van der Waals surface area (Å²) in [4.78, 5) is 9.81. The fourth-order valence-electron chi connectivity index (χ4n) is 5.69. The van der Waals surface area contributed by atoms with Gasteiger partial charge in [-0.3, -0.25) is 0 Å². The average Bonchev–Trinajstić information content (AvgIpc) is 3.48. The number of rotatable bonds is 3. The molecule has 4 aliphatic rings. The van der Waals surface area contributed by atoms with Crippen LogP contribution in [-0.2, 0) is 0 Å². The average molecular weight is 417 g/mol. The minimum atomic E-state index is 0.146. The Morgan fingerprint density at radius 3 is 2.61 bits per heavy atom. The third-order valence-corrected chi connectivity index (χ3v) is 7.52. The maximum atomic E-state index is 4.82. The zero-order chi connectivity index (χ0) is 20.7. The number of benzene rings is 1. The van der Waals surface area contributed by atoms with Gasteiger partial charge in [-0.1, -0.05) is 24.3 Å². The van der Waals surface area contributed by atoms with Gasteiger partial charge in [0.25, 0.3) is 0 Å². The smallest absolute Gasteiger partial charge is 0.128 e. The lowest BCUT2D eigenvalue weighted by molar-refractivity contribution is 0.330. The lowest BCUT2D eigenvalue weighted by Gasteiger charge is -2.33. The second-order valence-electron chi connectivity index (χ2n) is 9.50. The molecule has 1 spiro atoms. The van der Waals surface area contributed by atoms with Gasteiger partial charge in [0.2, 0.25) is 0 Å². The van der Waals surface area contributed by atoms with Crippen LogP contribution >= 0.6 is 0 Å². The molecule has 2 unspecified atom stereocenters. The molecular formula is C25H32N6. The number of hydrogen-bond donors (Lipinski definition) is 3. The third-order valence-electron chi connectivity index (χ3n) is 7.52. The molecule has 2 atom stereocenters. The van der Waals surface area contributed by atoms with Crippen LogP contribution in [0.4, 0.5) is 11.5 Å². The molecule has 3 N–H and O–H groups in total. The van der Waals surface area contributed by atoms with E-state index in [-0.39, 0.29) is 6.04 Å². The van der Waals surface area contributed by atoms with Gasteiger partial charge in [-0.15, -0.1) is 0 Å². The van der Waals surface area contributed by atoms with Gasteiger partial charge in [0.15, 0.2) is 0 Å². The minimum Gasteiger partial charge on any atom is -0.374 e. The van der Waals surface area contributed by atoms with Crippen LogP contribution in [0.3, 0.4) is 0 Å². The van der Waals surface area contributed by atoms with E-state index in [0.717, 1.165) is 51.6 Å². The Bertz CT molecular complexity index is 956. The molecule has 1 aromatic heterocycles. The van der Waals surface area contributed by atoms with Crippen molar-refractivity contribution in [2.75, 3.05) is 62.6 Å².